The molecule has 1 aliphatic rings. The SMILES string of the molecule is CN(C(=O)c1cnccc1C(F)(F)F)C1CC(NC(=O)c2cccc(F)c2)C1. The van der Waals surface area contributed by atoms with Crippen molar-refractivity contribution in [1.29, 1.82) is 0 Å². The number of halogens is 4. The predicted octanol–water partition coefficient (Wildman–Crippen LogP) is 3.27. The van der Waals surface area contributed by atoms with Crippen LogP contribution in [0.5, 0.6) is 0 Å². The van der Waals surface area contributed by atoms with E-state index in [1.54, 1.807) is 0 Å². The molecule has 1 N–H and O–H groups in total. The van der Waals surface area contributed by atoms with Gasteiger partial charge in [0.2, 0.25) is 0 Å². The summed E-state index contributed by atoms with van der Waals surface area (Å²) in [7, 11) is 1.42. The Labute approximate surface area is 158 Å². The molecule has 0 atom stereocenters. The van der Waals surface area contributed by atoms with Gasteiger partial charge in [0.15, 0.2) is 0 Å². The lowest BCUT2D eigenvalue weighted by Crippen LogP contribution is -2.54. The van der Waals surface area contributed by atoms with E-state index >= 15 is 0 Å². The molecule has 0 spiro atoms. The van der Waals surface area contributed by atoms with E-state index in [0.717, 1.165) is 24.5 Å². The van der Waals surface area contributed by atoms with Crippen LogP contribution in [0.15, 0.2) is 42.7 Å². The molecule has 2 amide bonds. The number of nitrogens with zero attached hydrogens (tertiary/aromatic N) is 2. The van der Waals surface area contributed by atoms with Gasteiger partial charge in [0, 0.05) is 37.1 Å². The van der Waals surface area contributed by atoms with Gasteiger partial charge in [-0.3, -0.25) is 14.6 Å². The lowest BCUT2D eigenvalue weighted by atomic mass is 9.85. The molecule has 0 unspecified atom stereocenters. The molecule has 1 heterocycles. The number of aromatic nitrogens is 1. The Morgan fingerprint density at radius 3 is 2.57 bits per heavy atom. The smallest absolute Gasteiger partial charge is 0.349 e. The maximum absolute atomic E-state index is 13.2. The summed E-state index contributed by atoms with van der Waals surface area (Å²) in [5, 5.41) is 2.72. The Bertz CT molecular complexity index is 895. The highest BCUT2D eigenvalue weighted by Gasteiger charge is 2.39. The maximum Gasteiger partial charge on any atom is 0.417 e. The van der Waals surface area contributed by atoms with Crippen LogP contribution >= 0.6 is 0 Å². The van der Waals surface area contributed by atoms with Crippen molar-refractivity contribution in [3.05, 3.63) is 65.2 Å². The minimum Gasteiger partial charge on any atom is -0.349 e. The van der Waals surface area contributed by atoms with Crippen molar-refractivity contribution in [3.63, 3.8) is 0 Å². The number of hydrogen-bond donors (Lipinski definition) is 1. The molecule has 1 fully saturated rings. The first-order chi connectivity index (χ1) is 13.2. The number of alkyl halides is 3. The Hall–Kier alpha value is -2.97. The van der Waals surface area contributed by atoms with Gasteiger partial charge in [-0.15, -0.1) is 0 Å². The van der Waals surface area contributed by atoms with Crippen LogP contribution in [0.4, 0.5) is 17.6 Å². The fraction of sp³-hybridized carbons (Fsp3) is 0.316. The van der Waals surface area contributed by atoms with Crippen molar-refractivity contribution < 1.29 is 27.2 Å². The largest absolute Gasteiger partial charge is 0.417 e. The summed E-state index contributed by atoms with van der Waals surface area (Å²) in [5.41, 5.74) is -1.36. The van der Waals surface area contributed by atoms with E-state index in [4.69, 9.17) is 0 Å². The molecule has 148 valence electrons. The molecule has 0 saturated heterocycles. The van der Waals surface area contributed by atoms with Crippen LogP contribution in [0, 0.1) is 5.82 Å². The zero-order valence-corrected chi connectivity index (χ0v) is 14.8. The minimum absolute atomic E-state index is 0.179. The number of rotatable bonds is 4. The van der Waals surface area contributed by atoms with Crippen LogP contribution in [-0.2, 0) is 6.18 Å². The topological polar surface area (TPSA) is 62.3 Å². The van der Waals surface area contributed by atoms with Gasteiger partial charge in [-0.05, 0) is 37.1 Å². The Balaban J connectivity index is 1.60. The monoisotopic (exact) mass is 395 g/mol. The van der Waals surface area contributed by atoms with Crippen molar-refractivity contribution in [3.8, 4) is 0 Å². The molecule has 1 aliphatic carbocycles. The van der Waals surface area contributed by atoms with Crippen LogP contribution in [-0.4, -0.2) is 40.8 Å². The summed E-state index contributed by atoms with van der Waals surface area (Å²) in [5.74, 6) is -1.75. The third-order valence-electron chi connectivity index (χ3n) is 4.76. The van der Waals surface area contributed by atoms with E-state index in [2.05, 4.69) is 10.3 Å². The van der Waals surface area contributed by atoms with E-state index in [0.29, 0.717) is 12.8 Å². The van der Waals surface area contributed by atoms with Crippen LogP contribution in [0.2, 0.25) is 0 Å². The van der Waals surface area contributed by atoms with Crippen LogP contribution in [0.25, 0.3) is 0 Å². The number of benzene rings is 1. The molecule has 1 aromatic carbocycles. The van der Waals surface area contributed by atoms with E-state index in [1.165, 1.54) is 30.1 Å². The third kappa shape index (κ3) is 4.13. The second kappa shape index (κ2) is 7.57. The number of carbonyl (C=O) groups excluding carboxylic acids is 2. The maximum atomic E-state index is 13.2. The number of hydrogen-bond acceptors (Lipinski definition) is 3. The molecule has 1 aromatic heterocycles. The van der Waals surface area contributed by atoms with Gasteiger partial charge < -0.3 is 10.2 Å². The highest BCUT2D eigenvalue weighted by molar-refractivity contribution is 5.96. The van der Waals surface area contributed by atoms with E-state index in [-0.39, 0.29) is 17.6 Å². The van der Waals surface area contributed by atoms with Gasteiger partial charge in [-0.1, -0.05) is 6.07 Å². The molecule has 0 radical (unpaired) electrons. The summed E-state index contributed by atoms with van der Waals surface area (Å²) < 4.78 is 52.5. The second-order valence-electron chi connectivity index (χ2n) is 6.64. The summed E-state index contributed by atoms with van der Waals surface area (Å²) >= 11 is 0. The standard InChI is InChI=1S/C19H17F4N3O2/c1-26(18(28)15-10-24-6-5-16(15)19(21,22)23)14-8-13(9-14)25-17(27)11-3-2-4-12(20)7-11/h2-7,10,13-14H,8-9H2,1H3,(H,25,27). The van der Waals surface area contributed by atoms with Gasteiger partial charge in [0.05, 0.1) is 11.1 Å². The van der Waals surface area contributed by atoms with E-state index in [1.807, 2.05) is 0 Å². The lowest BCUT2D eigenvalue weighted by molar-refractivity contribution is -0.138. The zero-order valence-electron chi connectivity index (χ0n) is 14.8. The number of carbonyl (C=O) groups is 2. The zero-order chi connectivity index (χ0) is 20.5. The molecule has 2 aromatic rings. The first-order valence-corrected chi connectivity index (χ1v) is 8.51. The predicted molar refractivity (Wildman–Crippen MR) is 92.0 cm³/mol. The summed E-state index contributed by atoms with van der Waals surface area (Å²) in [6, 6.07) is 5.45. The lowest BCUT2D eigenvalue weighted by Gasteiger charge is -2.41. The average Bonchev–Trinajstić information content (AvgIpc) is 2.62. The molecule has 28 heavy (non-hydrogen) atoms. The number of amides is 2. The highest BCUT2D eigenvalue weighted by atomic mass is 19.4. The summed E-state index contributed by atoms with van der Waals surface area (Å²) in [4.78, 5) is 29.4. The van der Waals surface area contributed by atoms with Gasteiger partial charge >= 0.3 is 6.18 Å². The Morgan fingerprint density at radius 2 is 1.93 bits per heavy atom. The molecule has 1 saturated carbocycles. The van der Waals surface area contributed by atoms with Gasteiger partial charge in [-0.25, -0.2) is 4.39 Å². The fourth-order valence-corrected chi connectivity index (χ4v) is 3.09. The number of nitrogens with one attached hydrogen (secondary N) is 1. The molecule has 0 bridgehead atoms. The van der Waals surface area contributed by atoms with Crippen molar-refractivity contribution in [2.24, 2.45) is 0 Å². The van der Waals surface area contributed by atoms with E-state index in [9.17, 15) is 27.2 Å². The molecular weight excluding hydrogens is 378 g/mol. The van der Waals surface area contributed by atoms with Gasteiger partial charge in [-0.2, -0.15) is 13.2 Å². The van der Waals surface area contributed by atoms with Crippen LogP contribution in [0.1, 0.15) is 39.1 Å². The first kappa shape index (κ1) is 19.8. The average molecular weight is 395 g/mol. The first-order valence-electron chi connectivity index (χ1n) is 8.51. The van der Waals surface area contributed by atoms with Crippen molar-refractivity contribution >= 4 is 11.8 Å². The van der Waals surface area contributed by atoms with Crippen LogP contribution in [0.3, 0.4) is 0 Å². The molecule has 9 heteroatoms. The molecule has 5 nitrogen and oxygen atoms in total. The highest BCUT2D eigenvalue weighted by Crippen LogP contribution is 2.33. The fourth-order valence-electron chi connectivity index (χ4n) is 3.09. The Kier molecular flexibility index (Phi) is 5.35. The summed E-state index contributed by atoms with van der Waals surface area (Å²) in [6.07, 6.45) is -1.98. The second-order valence-corrected chi connectivity index (χ2v) is 6.64. The van der Waals surface area contributed by atoms with Crippen LogP contribution < -0.4 is 5.32 Å². The van der Waals surface area contributed by atoms with E-state index < -0.39 is 34.9 Å². The van der Waals surface area contributed by atoms with Gasteiger partial charge in [0.1, 0.15) is 5.82 Å². The minimum atomic E-state index is -4.66. The van der Waals surface area contributed by atoms with Crippen molar-refractivity contribution in [1.82, 2.24) is 15.2 Å². The van der Waals surface area contributed by atoms with Gasteiger partial charge in [0.25, 0.3) is 11.8 Å². The summed E-state index contributed by atoms with van der Waals surface area (Å²) in [6.45, 7) is 0. The normalized spacial score (nSPS) is 18.9. The molecule has 0 aliphatic heterocycles. The molecular formula is C19H17F4N3O2. The number of pyridine rings is 1. The van der Waals surface area contributed by atoms with Crippen molar-refractivity contribution in [2.75, 3.05) is 7.05 Å². The molecule has 3 rings (SSSR count). The van der Waals surface area contributed by atoms with Crippen molar-refractivity contribution in [2.45, 2.75) is 31.1 Å². The Morgan fingerprint density at radius 1 is 1.21 bits per heavy atom. The third-order valence-corrected chi connectivity index (χ3v) is 4.76. The quantitative estimate of drug-likeness (QED) is 0.809.